The summed E-state index contributed by atoms with van der Waals surface area (Å²) in [7, 11) is 0. The van der Waals surface area contributed by atoms with Gasteiger partial charge in [-0.05, 0) is 39.8 Å². The summed E-state index contributed by atoms with van der Waals surface area (Å²) in [6.45, 7) is 9.11. The molecular weight excluding hydrogens is 294 g/mol. The van der Waals surface area contributed by atoms with Crippen LogP contribution in [0.4, 0.5) is 0 Å². The van der Waals surface area contributed by atoms with Crippen molar-refractivity contribution in [3.8, 4) is 5.75 Å². The Morgan fingerprint density at radius 1 is 1.28 bits per heavy atom. The van der Waals surface area contributed by atoms with Crippen molar-refractivity contribution in [2.24, 2.45) is 5.73 Å². The molecule has 2 N–H and O–H groups in total. The zero-order chi connectivity index (χ0) is 13.8. The minimum absolute atomic E-state index is 0.0448. The van der Waals surface area contributed by atoms with E-state index in [1.54, 1.807) is 0 Å². The van der Waals surface area contributed by atoms with Gasteiger partial charge in [-0.1, -0.05) is 22.0 Å². The van der Waals surface area contributed by atoms with E-state index in [-0.39, 0.29) is 11.6 Å². The van der Waals surface area contributed by atoms with Crippen LogP contribution in [0.5, 0.6) is 5.75 Å². The molecule has 0 radical (unpaired) electrons. The average molecular weight is 316 g/mol. The lowest BCUT2D eigenvalue weighted by Gasteiger charge is -2.20. The average Bonchev–Trinajstić information content (AvgIpc) is 2.22. The molecule has 1 rings (SSSR count). The molecule has 4 heteroatoms. The van der Waals surface area contributed by atoms with Crippen molar-refractivity contribution < 1.29 is 9.47 Å². The lowest BCUT2D eigenvalue weighted by atomic mass is 10.1. The number of hydrogen-bond acceptors (Lipinski definition) is 3. The molecule has 0 bridgehead atoms. The number of nitrogens with two attached hydrogens (primary N) is 1. The largest absolute Gasteiger partial charge is 0.491 e. The Morgan fingerprint density at radius 3 is 2.50 bits per heavy atom. The van der Waals surface area contributed by atoms with Crippen molar-refractivity contribution in [1.82, 2.24) is 0 Å². The number of hydrogen-bond donors (Lipinski definition) is 1. The van der Waals surface area contributed by atoms with Gasteiger partial charge in [0.05, 0.1) is 12.2 Å². The van der Waals surface area contributed by atoms with Crippen LogP contribution >= 0.6 is 15.9 Å². The zero-order valence-electron chi connectivity index (χ0n) is 11.5. The molecule has 0 unspecified atom stereocenters. The van der Waals surface area contributed by atoms with Gasteiger partial charge in [0, 0.05) is 16.1 Å². The first-order valence-electron chi connectivity index (χ1n) is 6.11. The van der Waals surface area contributed by atoms with Crippen LogP contribution in [0, 0.1) is 0 Å². The third-order valence-corrected chi connectivity index (χ3v) is 2.84. The molecule has 1 aromatic rings. The van der Waals surface area contributed by atoms with Gasteiger partial charge in [0.1, 0.15) is 12.4 Å². The van der Waals surface area contributed by atoms with Gasteiger partial charge in [0.25, 0.3) is 0 Å². The fourth-order valence-corrected chi connectivity index (χ4v) is 1.85. The number of ether oxygens (including phenoxy) is 2. The van der Waals surface area contributed by atoms with E-state index in [1.807, 2.05) is 45.9 Å². The third-order valence-electron chi connectivity index (χ3n) is 2.34. The maximum Gasteiger partial charge on any atom is 0.125 e. The summed E-state index contributed by atoms with van der Waals surface area (Å²) in [6, 6.07) is 5.85. The second-order valence-corrected chi connectivity index (χ2v) is 6.20. The van der Waals surface area contributed by atoms with E-state index in [4.69, 9.17) is 15.2 Å². The highest BCUT2D eigenvalue weighted by molar-refractivity contribution is 9.10. The molecule has 0 heterocycles. The topological polar surface area (TPSA) is 44.5 Å². The number of benzene rings is 1. The highest BCUT2D eigenvalue weighted by atomic mass is 79.9. The Kier molecular flexibility index (Phi) is 5.63. The van der Waals surface area contributed by atoms with Crippen molar-refractivity contribution in [3.63, 3.8) is 0 Å². The monoisotopic (exact) mass is 315 g/mol. The van der Waals surface area contributed by atoms with Gasteiger partial charge in [-0.3, -0.25) is 0 Å². The Bertz CT molecular complexity index is 386. The van der Waals surface area contributed by atoms with E-state index in [0.717, 1.165) is 15.8 Å². The first-order valence-corrected chi connectivity index (χ1v) is 6.90. The molecule has 0 aliphatic carbocycles. The lowest BCUT2D eigenvalue weighted by molar-refractivity contribution is -0.0164. The van der Waals surface area contributed by atoms with Crippen LogP contribution in [0.15, 0.2) is 22.7 Å². The first kappa shape index (κ1) is 15.5. The molecule has 102 valence electrons. The van der Waals surface area contributed by atoms with E-state index < -0.39 is 0 Å². The van der Waals surface area contributed by atoms with Gasteiger partial charge < -0.3 is 15.2 Å². The van der Waals surface area contributed by atoms with E-state index in [0.29, 0.717) is 13.2 Å². The minimum Gasteiger partial charge on any atom is -0.491 e. The highest BCUT2D eigenvalue weighted by Crippen LogP contribution is 2.27. The molecule has 0 aliphatic rings. The fourth-order valence-electron chi connectivity index (χ4n) is 1.51. The Hall–Kier alpha value is -0.580. The highest BCUT2D eigenvalue weighted by Gasteiger charge is 2.11. The van der Waals surface area contributed by atoms with E-state index in [9.17, 15) is 0 Å². The molecule has 0 aromatic heterocycles. The Morgan fingerprint density at radius 2 is 1.94 bits per heavy atom. The molecule has 18 heavy (non-hydrogen) atoms. The maximum absolute atomic E-state index is 5.91. The maximum atomic E-state index is 5.91. The van der Waals surface area contributed by atoms with Crippen LogP contribution in [0.1, 0.15) is 39.3 Å². The van der Waals surface area contributed by atoms with Crippen LogP contribution in [0.3, 0.4) is 0 Å². The number of halogens is 1. The molecule has 0 fully saturated rings. The van der Waals surface area contributed by atoms with Gasteiger partial charge in [0.2, 0.25) is 0 Å². The van der Waals surface area contributed by atoms with Crippen LogP contribution < -0.4 is 10.5 Å². The van der Waals surface area contributed by atoms with Gasteiger partial charge in [0.15, 0.2) is 0 Å². The predicted octanol–water partition coefficient (Wildman–Crippen LogP) is 3.66. The second kappa shape index (κ2) is 6.55. The van der Waals surface area contributed by atoms with Crippen molar-refractivity contribution in [3.05, 3.63) is 28.2 Å². The molecule has 0 spiro atoms. The quantitative estimate of drug-likeness (QED) is 0.843. The molecule has 0 aliphatic heterocycles. The summed E-state index contributed by atoms with van der Waals surface area (Å²) in [4.78, 5) is 0. The third kappa shape index (κ3) is 5.38. The molecule has 0 saturated carbocycles. The first-order chi connectivity index (χ1) is 8.29. The minimum atomic E-state index is -0.134. The van der Waals surface area contributed by atoms with E-state index in [2.05, 4.69) is 15.9 Å². The van der Waals surface area contributed by atoms with Crippen molar-refractivity contribution >= 4 is 15.9 Å². The lowest BCUT2D eigenvalue weighted by Crippen LogP contribution is -2.22. The predicted molar refractivity (Wildman–Crippen MR) is 77.9 cm³/mol. The summed E-state index contributed by atoms with van der Waals surface area (Å²) in [5, 5.41) is 0. The van der Waals surface area contributed by atoms with Crippen molar-refractivity contribution in [2.45, 2.75) is 39.3 Å². The summed E-state index contributed by atoms with van der Waals surface area (Å²) < 4.78 is 12.3. The zero-order valence-corrected chi connectivity index (χ0v) is 13.1. The normalized spacial score (nSPS) is 13.4. The van der Waals surface area contributed by atoms with Gasteiger partial charge in [-0.2, -0.15) is 0 Å². The van der Waals surface area contributed by atoms with Crippen LogP contribution in [0.25, 0.3) is 0 Å². The molecular formula is C14H22BrNO2. The van der Waals surface area contributed by atoms with Crippen LogP contribution in [0.2, 0.25) is 0 Å². The molecule has 0 amide bonds. The van der Waals surface area contributed by atoms with Gasteiger partial charge >= 0.3 is 0 Å². The Balaban J connectivity index is 2.58. The van der Waals surface area contributed by atoms with Crippen LogP contribution in [-0.4, -0.2) is 18.8 Å². The summed E-state index contributed by atoms with van der Waals surface area (Å²) in [6.07, 6.45) is 0. The smallest absolute Gasteiger partial charge is 0.125 e. The Labute approximate surface area is 118 Å². The number of rotatable bonds is 5. The molecule has 1 atom stereocenters. The standard InChI is InChI=1S/C14H22BrNO2/c1-10(16)12-6-5-11(15)9-13(12)17-7-8-18-14(2,3)4/h5-6,9-10H,7-8,16H2,1-4H3/t10-/m0/s1. The molecule has 0 saturated heterocycles. The van der Waals surface area contributed by atoms with Gasteiger partial charge in [-0.15, -0.1) is 0 Å². The summed E-state index contributed by atoms with van der Waals surface area (Å²) in [5.74, 6) is 0.817. The van der Waals surface area contributed by atoms with E-state index in [1.165, 1.54) is 0 Å². The van der Waals surface area contributed by atoms with Crippen molar-refractivity contribution in [1.29, 1.82) is 0 Å². The second-order valence-electron chi connectivity index (χ2n) is 5.28. The SMILES string of the molecule is C[C@H](N)c1ccc(Br)cc1OCCOC(C)(C)C. The molecule has 3 nitrogen and oxygen atoms in total. The van der Waals surface area contributed by atoms with Crippen LogP contribution in [-0.2, 0) is 4.74 Å². The fraction of sp³-hybridized carbons (Fsp3) is 0.571. The summed E-state index contributed by atoms with van der Waals surface area (Å²) >= 11 is 3.43. The van der Waals surface area contributed by atoms with Gasteiger partial charge in [-0.25, -0.2) is 0 Å². The van der Waals surface area contributed by atoms with Crippen molar-refractivity contribution in [2.75, 3.05) is 13.2 Å². The molecule has 1 aromatic carbocycles. The summed E-state index contributed by atoms with van der Waals surface area (Å²) in [5.41, 5.74) is 6.79. The van der Waals surface area contributed by atoms with E-state index >= 15 is 0 Å².